The molecule has 23 heavy (non-hydrogen) atoms. The number of morpholine rings is 1. The van der Waals surface area contributed by atoms with Gasteiger partial charge in [-0.2, -0.15) is 12.7 Å². The summed E-state index contributed by atoms with van der Waals surface area (Å²) in [4.78, 5) is 11.5. The molecule has 1 aliphatic heterocycles. The van der Waals surface area contributed by atoms with Gasteiger partial charge in [-0.3, -0.25) is 4.72 Å². The van der Waals surface area contributed by atoms with Gasteiger partial charge in [0.2, 0.25) is 0 Å². The minimum absolute atomic E-state index is 0.00230. The van der Waals surface area contributed by atoms with E-state index in [1.165, 1.54) is 4.31 Å². The van der Waals surface area contributed by atoms with Crippen molar-refractivity contribution in [3.05, 3.63) is 28.8 Å². The van der Waals surface area contributed by atoms with Crippen molar-refractivity contribution in [1.29, 1.82) is 0 Å². The summed E-state index contributed by atoms with van der Waals surface area (Å²) in [7, 11) is -3.78. The third-order valence-corrected chi connectivity index (χ3v) is 5.78. The first-order valence-electron chi connectivity index (χ1n) is 7.72. The van der Waals surface area contributed by atoms with Crippen LogP contribution in [0.15, 0.2) is 12.1 Å². The first-order valence-corrected chi connectivity index (χ1v) is 9.16. The SMILES string of the molecule is O=C(O)c1cc2c(cc1NS(=O)(=O)N1CCOCC1)CCCC2. The lowest BCUT2D eigenvalue weighted by molar-refractivity contribution is 0.0697. The molecule has 8 heteroatoms. The van der Waals surface area contributed by atoms with Crippen LogP contribution < -0.4 is 4.72 Å². The van der Waals surface area contributed by atoms with Crippen LogP contribution in [0.5, 0.6) is 0 Å². The van der Waals surface area contributed by atoms with Gasteiger partial charge >= 0.3 is 16.2 Å². The minimum atomic E-state index is -3.78. The first kappa shape index (κ1) is 16.2. The van der Waals surface area contributed by atoms with Crippen molar-refractivity contribution in [2.24, 2.45) is 0 Å². The van der Waals surface area contributed by atoms with Gasteiger partial charge in [0, 0.05) is 13.1 Å². The fraction of sp³-hybridized carbons (Fsp3) is 0.533. The molecule has 1 saturated heterocycles. The van der Waals surface area contributed by atoms with Gasteiger partial charge in [0.05, 0.1) is 24.5 Å². The first-order chi connectivity index (χ1) is 11.0. The number of hydrogen-bond acceptors (Lipinski definition) is 4. The second kappa shape index (κ2) is 6.46. The summed E-state index contributed by atoms with van der Waals surface area (Å²) in [6.07, 6.45) is 3.76. The van der Waals surface area contributed by atoms with Crippen LogP contribution in [0.1, 0.15) is 34.3 Å². The van der Waals surface area contributed by atoms with E-state index in [4.69, 9.17) is 4.74 Å². The van der Waals surface area contributed by atoms with Gasteiger partial charge in [0.25, 0.3) is 0 Å². The molecule has 2 N–H and O–H groups in total. The highest BCUT2D eigenvalue weighted by Gasteiger charge is 2.27. The van der Waals surface area contributed by atoms with Gasteiger partial charge in [0.15, 0.2) is 0 Å². The third kappa shape index (κ3) is 3.49. The normalized spacial score (nSPS) is 19.1. The molecule has 3 rings (SSSR count). The van der Waals surface area contributed by atoms with E-state index in [9.17, 15) is 18.3 Å². The van der Waals surface area contributed by atoms with Gasteiger partial charge in [-0.25, -0.2) is 4.79 Å². The molecule has 0 amide bonds. The van der Waals surface area contributed by atoms with E-state index in [-0.39, 0.29) is 24.3 Å². The predicted octanol–water partition coefficient (Wildman–Crippen LogP) is 1.25. The van der Waals surface area contributed by atoms with Crippen molar-refractivity contribution in [3.8, 4) is 0 Å². The van der Waals surface area contributed by atoms with Crippen LogP contribution in [0.4, 0.5) is 5.69 Å². The quantitative estimate of drug-likeness (QED) is 0.860. The Labute approximate surface area is 135 Å². The molecule has 126 valence electrons. The fourth-order valence-electron chi connectivity index (χ4n) is 3.04. The molecule has 1 heterocycles. The maximum Gasteiger partial charge on any atom is 0.337 e. The van der Waals surface area contributed by atoms with Crippen LogP contribution in [0.2, 0.25) is 0 Å². The second-order valence-electron chi connectivity index (χ2n) is 5.80. The number of fused-ring (bicyclic) bond motifs is 1. The van der Waals surface area contributed by atoms with Crippen molar-refractivity contribution >= 4 is 21.9 Å². The van der Waals surface area contributed by atoms with Gasteiger partial charge in [0.1, 0.15) is 0 Å². The fourth-order valence-corrected chi connectivity index (χ4v) is 4.24. The summed E-state index contributed by atoms with van der Waals surface area (Å²) in [6.45, 7) is 1.22. The number of carbonyl (C=O) groups is 1. The smallest absolute Gasteiger partial charge is 0.337 e. The van der Waals surface area contributed by atoms with E-state index in [0.29, 0.717) is 13.2 Å². The lowest BCUT2D eigenvalue weighted by atomic mass is 9.89. The van der Waals surface area contributed by atoms with Gasteiger partial charge in [-0.15, -0.1) is 0 Å². The Morgan fingerprint density at radius 3 is 2.35 bits per heavy atom. The average molecular weight is 340 g/mol. The molecule has 7 nitrogen and oxygen atoms in total. The van der Waals surface area contributed by atoms with E-state index in [2.05, 4.69) is 4.72 Å². The van der Waals surface area contributed by atoms with E-state index in [1.807, 2.05) is 0 Å². The molecule has 0 bridgehead atoms. The molecular weight excluding hydrogens is 320 g/mol. The standard InChI is InChI=1S/C15H20N2O5S/c18-15(19)13-9-11-3-1-2-4-12(11)10-14(13)16-23(20,21)17-5-7-22-8-6-17/h9-10,16H,1-8H2,(H,18,19). The number of aromatic carboxylic acids is 1. The number of carboxylic acid groups (broad SMARTS) is 1. The number of nitrogens with zero attached hydrogens (tertiary/aromatic N) is 1. The van der Waals surface area contributed by atoms with Crippen LogP contribution >= 0.6 is 0 Å². The molecule has 0 atom stereocenters. The lowest BCUT2D eigenvalue weighted by Gasteiger charge is -2.27. The highest BCUT2D eigenvalue weighted by Crippen LogP contribution is 2.29. The summed E-state index contributed by atoms with van der Waals surface area (Å²) >= 11 is 0. The van der Waals surface area contributed by atoms with E-state index >= 15 is 0 Å². The van der Waals surface area contributed by atoms with Gasteiger partial charge < -0.3 is 9.84 Å². The van der Waals surface area contributed by atoms with Crippen molar-refractivity contribution in [2.45, 2.75) is 25.7 Å². The topological polar surface area (TPSA) is 95.9 Å². The number of anilines is 1. The molecule has 0 aromatic heterocycles. The summed E-state index contributed by atoms with van der Waals surface area (Å²) in [5.41, 5.74) is 2.18. The largest absolute Gasteiger partial charge is 0.478 e. The zero-order valence-electron chi connectivity index (χ0n) is 12.7. The minimum Gasteiger partial charge on any atom is -0.478 e. The predicted molar refractivity (Wildman–Crippen MR) is 85.0 cm³/mol. The Balaban J connectivity index is 1.93. The van der Waals surface area contributed by atoms with Crippen molar-refractivity contribution in [2.75, 3.05) is 31.0 Å². The van der Waals surface area contributed by atoms with Gasteiger partial charge in [-0.05, 0) is 48.9 Å². The molecule has 2 aliphatic rings. The molecule has 0 radical (unpaired) electrons. The number of rotatable bonds is 4. The lowest BCUT2D eigenvalue weighted by Crippen LogP contribution is -2.43. The summed E-state index contributed by atoms with van der Waals surface area (Å²) < 4.78 is 33.8. The Morgan fingerprint density at radius 1 is 1.13 bits per heavy atom. The van der Waals surface area contributed by atoms with Crippen molar-refractivity contribution in [3.63, 3.8) is 0 Å². The van der Waals surface area contributed by atoms with E-state index in [0.717, 1.165) is 36.8 Å². The Bertz CT molecular complexity index is 711. The van der Waals surface area contributed by atoms with E-state index in [1.54, 1.807) is 12.1 Å². The maximum atomic E-state index is 12.5. The van der Waals surface area contributed by atoms with Crippen LogP contribution in [0.3, 0.4) is 0 Å². The molecule has 1 fully saturated rings. The number of carboxylic acids is 1. The van der Waals surface area contributed by atoms with Crippen LogP contribution in [0.25, 0.3) is 0 Å². The zero-order valence-corrected chi connectivity index (χ0v) is 13.6. The molecule has 0 spiro atoms. The van der Waals surface area contributed by atoms with Crippen LogP contribution in [0, 0.1) is 0 Å². The van der Waals surface area contributed by atoms with Crippen LogP contribution in [-0.4, -0.2) is 50.1 Å². The number of nitrogens with one attached hydrogen (secondary N) is 1. The number of hydrogen-bond donors (Lipinski definition) is 2. The monoisotopic (exact) mass is 340 g/mol. The third-order valence-electron chi connectivity index (χ3n) is 4.26. The highest BCUT2D eigenvalue weighted by molar-refractivity contribution is 7.90. The number of ether oxygens (including phenoxy) is 1. The van der Waals surface area contributed by atoms with Crippen LogP contribution in [-0.2, 0) is 27.8 Å². The summed E-state index contributed by atoms with van der Waals surface area (Å²) in [5, 5.41) is 9.41. The molecular formula is C15H20N2O5S. The molecule has 1 aliphatic carbocycles. The van der Waals surface area contributed by atoms with Gasteiger partial charge in [-0.1, -0.05) is 0 Å². The summed E-state index contributed by atoms with van der Waals surface area (Å²) in [6, 6.07) is 3.28. The molecule has 1 aromatic rings. The average Bonchev–Trinajstić information content (AvgIpc) is 2.54. The zero-order chi connectivity index (χ0) is 16.4. The number of benzene rings is 1. The van der Waals surface area contributed by atoms with Crippen molar-refractivity contribution < 1.29 is 23.1 Å². The molecule has 0 unspecified atom stereocenters. The Hall–Kier alpha value is -1.64. The Morgan fingerprint density at radius 2 is 1.74 bits per heavy atom. The van der Waals surface area contributed by atoms with Crippen molar-refractivity contribution in [1.82, 2.24) is 4.31 Å². The maximum absolute atomic E-state index is 12.5. The highest BCUT2D eigenvalue weighted by atomic mass is 32.2. The Kier molecular flexibility index (Phi) is 4.56. The summed E-state index contributed by atoms with van der Waals surface area (Å²) in [5.74, 6) is -1.13. The molecule has 0 saturated carbocycles. The van der Waals surface area contributed by atoms with E-state index < -0.39 is 16.2 Å². The number of aryl methyl sites for hydroxylation is 2. The molecule has 1 aromatic carbocycles. The second-order valence-corrected chi connectivity index (χ2v) is 7.47.